The molecule has 0 spiro atoms. The van der Waals surface area contributed by atoms with Gasteiger partial charge >= 0.3 is 0 Å². The topological polar surface area (TPSA) is 3.24 Å². The van der Waals surface area contributed by atoms with Crippen LogP contribution in [0.1, 0.15) is 86.4 Å². The van der Waals surface area contributed by atoms with E-state index in [0.717, 1.165) is 0 Å². The third-order valence-electron chi connectivity index (χ3n) is 3.47. The zero-order valence-electron chi connectivity index (χ0n) is 18.8. The maximum absolute atomic E-state index is 3.96. The van der Waals surface area contributed by atoms with Gasteiger partial charge in [0, 0.05) is 18.3 Å². The van der Waals surface area contributed by atoms with E-state index >= 15 is 0 Å². The van der Waals surface area contributed by atoms with Gasteiger partial charge in [-0.25, -0.2) is 0 Å². The fourth-order valence-electron chi connectivity index (χ4n) is 2.43. The zero-order valence-corrected chi connectivity index (χ0v) is 18.8. The molecule has 1 aliphatic heterocycles. The van der Waals surface area contributed by atoms with Crippen molar-refractivity contribution in [2.24, 2.45) is 0 Å². The molecule has 1 aliphatic rings. The molecule has 0 saturated carbocycles. The van der Waals surface area contributed by atoms with Crippen molar-refractivity contribution in [3.05, 3.63) is 65.9 Å². The number of allylic oxidation sites excluding steroid dienone is 4. The van der Waals surface area contributed by atoms with E-state index in [1.165, 1.54) is 22.4 Å². The molecule has 1 atom stereocenters. The number of rotatable bonds is 2. The Morgan fingerprint density at radius 3 is 1.84 bits per heavy atom. The zero-order chi connectivity index (χ0) is 20.4. The van der Waals surface area contributed by atoms with Crippen molar-refractivity contribution in [2.75, 3.05) is 7.05 Å². The van der Waals surface area contributed by atoms with Gasteiger partial charge in [-0.05, 0) is 31.1 Å². The molecule has 0 aliphatic carbocycles. The van der Waals surface area contributed by atoms with Crippen LogP contribution in [0.5, 0.6) is 0 Å². The Labute approximate surface area is 159 Å². The third-order valence-corrected chi connectivity index (χ3v) is 3.47. The van der Waals surface area contributed by atoms with E-state index in [-0.39, 0.29) is 0 Å². The summed E-state index contributed by atoms with van der Waals surface area (Å²) in [5.74, 6) is 0. The van der Waals surface area contributed by atoms with Crippen molar-refractivity contribution in [3.8, 4) is 0 Å². The van der Waals surface area contributed by atoms with Crippen LogP contribution in [0.15, 0.2) is 54.8 Å². The van der Waals surface area contributed by atoms with Gasteiger partial charge in [0.1, 0.15) is 0 Å². The summed E-state index contributed by atoms with van der Waals surface area (Å²) >= 11 is 0. The molecule has 0 amide bonds. The fourth-order valence-corrected chi connectivity index (χ4v) is 2.43. The number of hydrogen-bond acceptors (Lipinski definition) is 1. The molecule has 1 heterocycles. The quantitative estimate of drug-likeness (QED) is 0.521. The van der Waals surface area contributed by atoms with Crippen LogP contribution in [0, 0.1) is 0 Å². The Bertz CT molecular complexity index is 495. The summed E-state index contributed by atoms with van der Waals surface area (Å²) in [4.78, 5) is 2.30. The Kier molecular flexibility index (Phi) is 20.9. The summed E-state index contributed by atoms with van der Waals surface area (Å²) in [7, 11) is 2.14. The minimum atomic E-state index is 0.404. The highest BCUT2D eigenvalue weighted by Crippen LogP contribution is 2.38. The molecule has 144 valence electrons. The van der Waals surface area contributed by atoms with E-state index in [0.29, 0.717) is 6.04 Å². The molecule has 0 saturated heterocycles. The summed E-state index contributed by atoms with van der Waals surface area (Å²) < 4.78 is 0. The van der Waals surface area contributed by atoms with Crippen molar-refractivity contribution in [1.82, 2.24) is 4.90 Å². The van der Waals surface area contributed by atoms with Gasteiger partial charge in [-0.15, -0.1) is 0 Å². The molecule has 0 N–H and O–H groups in total. The van der Waals surface area contributed by atoms with E-state index in [4.69, 9.17) is 0 Å². The molecule has 1 aromatic carbocycles. The first-order chi connectivity index (χ1) is 12.2. The Hall–Kier alpha value is -1.76. The second kappa shape index (κ2) is 18.6. The SMILES string of the molecule is C=CC1=C(/C=C\C)N(C)C(C)c2ccccc21.CC.CC.CC.CC. The lowest BCUT2D eigenvalue weighted by Gasteiger charge is -2.36. The normalized spacial score (nSPS) is 14.4. The molecular weight excluding hydrogens is 302 g/mol. The fraction of sp³-hybridized carbons (Fsp3) is 0.500. The Balaban J connectivity index is -0.000000533. The third kappa shape index (κ3) is 7.77. The largest absolute Gasteiger partial charge is 0.367 e. The molecule has 1 aromatic rings. The number of likely N-dealkylation sites (N-methyl/N-ethyl adjacent to an activating group) is 1. The highest BCUT2D eigenvalue weighted by Gasteiger charge is 2.24. The average Bonchev–Trinajstić information content (AvgIpc) is 2.72. The number of nitrogens with zero attached hydrogens (tertiary/aromatic N) is 1. The maximum atomic E-state index is 3.96. The number of hydrogen-bond donors (Lipinski definition) is 0. The van der Waals surface area contributed by atoms with Gasteiger partial charge in [0.25, 0.3) is 0 Å². The van der Waals surface area contributed by atoms with Crippen molar-refractivity contribution < 1.29 is 0 Å². The minimum absolute atomic E-state index is 0.404. The van der Waals surface area contributed by atoms with Gasteiger partial charge in [0.2, 0.25) is 0 Å². The minimum Gasteiger partial charge on any atom is -0.367 e. The standard InChI is InChI=1S/C16H19N.4C2H6/c1-5-9-16-13(6-2)15-11-8-7-10-14(15)12(3)17(16)4;4*1-2/h5-12H,2H2,1,3-4H3;4*1-2H3/b9-5-;;;;. The predicted octanol–water partition coefficient (Wildman–Crippen LogP) is 8.27. The van der Waals surface area contributed by atoms with E-state index in [1.807, 2.05) is 68.4 Å². The van der Waals surface area contributed by atoms with Crippen molar-refractivity contribution >= 4 is 5.57 Å². The van der Waals surface area contributed by atoms with E-state index < -0.39 is 0 Å². The van der Waals surface area contributed by atoms with Gasteiger partial charge in [-0.1, -0.05) is 98.4 Å². The van der Waals surface area contributed by atoms with Crippen molar-refractivity contribution in [3.63, 3.8) is 0 Å². The first-order valence-corrected chi connectivity index (χ1v) is 10.0. The molecule has 1 heteroatoms. The smallest absolute Gasteiger partial charge is 0.0517 e. The molecule has 0 radical (unpaired) electrons. The number of fused-ring (bicyclic) bond motifs is 1. The molecule has 0 fully saturated rings. The van der Waals surface area contributed by atoms with Crippen LogP contribution in [-0.2, 0) is 0 Å². The van der Waals surface area contributed by atoms with Crippen LogP contribution >= 0.6 is 0 Å². The van der Waals surface area contributed by atoms with E-state index in [1.54, 1.807) is 0 Å². The molecular formula is C24H43N. The van der Waals surface area contributed by atoms with Crippen molar-refractivity contribution in [2.45, 2.75) is 75.3 Å². The summed E-state index contributed by atoms with van der Waals surface area (Å²) in [6.45, 7) is 24.2. The predicted molar refractivity (Wildman–Crippen MR) is 120 cm³/mol. The molecule has 0 bridgehead atoms. The van der Waals surface area contributed by atoms with Gasteiger partial charge in [-0.2, -0.15) is 0 Å². The first-order valence-electron chi connectivity index (χ1n) is 10.0. The highest BCUT2D eigenvalue weighted by atomic mass is 15.1. The van der Waals surface area contributed by atoms with Crippen LogP contribution in [0.4, 0.5) is 0 Å². The average molecular weight is 346 g/mol. The molecule has 2 rings (SSSR count). The van der Waals surface area contributed by atoms with E-state index in [9.17, 15) is 0 Å². The van der Waals surface area contributed by atoms with Gasteiger partial charge in [0.05, 0.1) is 6.04 Å². The lowest BCUT2D eigenvalue weighted by atomic mass is 9.89. The Morgan fingerprint density at radius 2 is 1.40 bits per heavy atom. The lowest BCUT2D eigenvalue weighted by Crippen LogP contribution is -2.26. The highest BCUT2D eigenvalue weighted by molar-refractivity contribution is 5.81. The Morgan fingerprint density at radius 1 is 0.920 bits per heavy atom. The first kappa shape index (κ1) is 28.1. The summed E-state index contributed by atoms with van der Waals surface area (Å²) in [5.41, 5.74) is 5.15. The molecule has 25 heavy (non-hydrogen) atoms. The van der Waals surface area contributed by atoms with Crippen molar-refractivity contribution in [1.29, 1.82) is 0 Å². The summed E-state index contributed by atoms with van der Waals surface area (Å²) in [6.07, 6.45) is 6.19. The van der Waals surface area contributed by atoms with Gasteiger partial charge in [0.15, 0.2) is 0 Å². The number of benzene rings is 1. The maximum Gasteiger partial charge on any atom is 0.0517 e. The van der Waals surface area contributed by atoms with Gasteiger partial charge < -0.3 is 4.90 Å². The molecule has 0 aromatic heterocycles. The van der Waals surface area contributed by atoms with Crippen LogP contribution in [0.3, 0.4) is 0 Å². The van der Waals surface area contributed by atoms with Crippen LogP contribution < -0.4 is 0 Å². The summed E-state index contributed by atoms with van der Waals surface area (Å²) in [6, 6.07) is 8.98. The van der Waals surface area contributed by atoms with Crippen LogP contribution in [-0.4, -0.2) is 11.9 Å². The second-order valence-electron chi connectivity index (χ2n) is 4.38. The second-order valence-corrected chi connectivity index (χ2v) is 4.38. The molecule has 1 nitrogen and oxygen atoms in total. The summed E-state index contributed by atoms with van der Waals surface area (Å²) in [5, 5.41) is 0. The van der Waals surface area contributed by atoms with Crippen LogP contribution in [0.2, 0.25) is 0 Å². The van der Waals surface area contributed by atoms with Crippen LogP contribution in [0.25, 0.3) is 5.57 Å². The monoisotopic (exact) mass is 345 g/mol. The van der Waals surface area contributed by atoms with Gasteiger partial charge in [-0.3, -0.25) is 0 Å². The van der Waals surface area contributed by atoms with E-state index in [2.05, 4.69) is 61.9 Å². The molecule has 1 unspecified atom stereocenters. The lowest BCUT2D eigenvalue weighted by molar-refractivity contribution is 0.336.